The third-order valence-electron chi connectivity index (χ3n) is 5.80. The number of rotatable bonds is 6. The van der Waals surface area contributed by atoms with Gasteiger partial charge in [0.15, 0.2) is 0 Å². The van der Waals surface area contributed by atoms with E-state index in [1.165, 1.54) is 24.0 Å². The molecule has 164 valence electrons. The second kappa shape index (κ2) is 10.4. The first kappa shape index (κ1) is 22.7. The molecule has 4 rings (SSSR count). The largest absolute Gasteiger partial charge is 0.478 e. The van der Waals surface area contributed by atoms with Gasteiger partial charge in [-0.15, -0.1) is 0 Å². The number of piperidine rings is 1. The minimum Gasteiger partial charge on any atom is -0.478 e. The Morgan fingerprint density at radius 1 is 0.903 bits per heavy atom. The van der Waals surface area contributed by atoms with Crippen LogP contribution in [0.5, 0.6) is 0 Å². The number of aliphatic carboxylic acids is 2. The number of nitrogens with zero attached hydrogens (tertiary/aromatic N) is 1. The van der Waals surface area contributed by atoms with Gasteiger partial charge in [-0.05, 0) is 48.3 Å². The lowest BCUT2D eigenvalue weighted by molar-refractivity contribution is -0.134. The normalized spacial score (nSPS) is 18.2. The van der Waals surface area contributed by atoms with E-state index in [-0.39, 0.29) is 0 Å². The van der Waals surface area contributed by atoms with Gasteiger partial charge in [-0.1, -0.05) is 54.6 Å². The number of benzene rings is 2. The summed E-state index contributed by atoms with van der Waals surface area (Å²) in [5.41, 5.74) is 3.25. The summed E-state index contributed by atoms with van der Waals surface area (Å²) in [7, 11) is 0. The van der Waals surface area contributed by atoms with E-state index >= 15 is 0 Å². The average molecular weight is 424 g/mol. The summed E-state index contributed by atoms with van der Waals surface area (Å²) in [6.07, 6.45) is 5.42. The van der Waals surface area contributed by atoms with Gasteiger partial charge in [0.25, 0.3) is 0 Å². The fraction of sp³-hybridized carbons (Fsp3) is 0.360. The fourth-order valence-electron chi connectivity index (χ4n) is 3.84. The molecule has 0 atom stereocenters. The summed E-state index contributed by atoms with van der Waals surface area (Å²) in [5.74, 6) is -1.73. The lowest BCUT2D eigenvalue weighted by atomic mass is 9.84. The van der Waals surface area contributed by atoms with Crippen LogP contribution in [-0.4, -0.2) is 45.2 Å². The van der Waals surface area contributed by atoms with Crippen molar-refractivity contribution in [2.45, 2.75) is 43.7 Å². The second-order valence-corrected chi connectivity index (χ2v) is 8.20. The summed E-state index contributed by atoms with van der Waals surface area (Å²) in [5, 5.41) is 26.7. The summed E-state index contributed by atoms with van der Waals surface area (Å²) < 4.78 is 0. The predicted molar refractivity (Wildman–Crippen MR) is 118 cm³/mol. The Balaban J connectivity index is 0.000000293. The van der Waals surface area contributed by atoms with Gasteiger partial charge in [-0.2, -0.15) is 0 Å². The van der Waals surface area contributed by atoms with Crippen LogP contribution in [0.25, 0.3) is 0 Å². The molecule has 1 saturated heterocycles. The van der Waals surface area contributed by atoms with Gasteiger partial charge in [0, 0.05) is 31.8 Å². The van der Waals surface area contributed by atoms with Crippen LogP contribution in [0.1, 0.15) is 48.3 Å². The van der Waals surface area contributed by atoms with Crippen molar-refractivity contribution in [1.82, 2.24) is 4.90 Å². The Kier molecular flexibility index (Phi) is 7.60. The zero-order chi connectivity index (χ0) is 22.3. The molecule has 2 fully saturated rings. The summed E-state index contributed by atoms with van der Waals surface area (Å²) in [4.78, 5) is 21.6. The Labute approximate surface area is 182 Å². The van der Waals surface area contributed by atoms with Gasteiger partial charge in [-0.25, -0.2) is 9.59 Å². The highest BCUT2D eigenvalue weighted by atomic mass is 16.4. The molecule has 0 aromatic heterocycles. The number of hydrogen-bond donors (Lipinski definition) is 3. The number of aliphatic hydroxyl groups is 1. The molecule has 2 aliphatic rings. The van der Waals surface area contributed by atoms with Crippen molar-refractivity contribution in [3.8, 4) is 0 Å². The SMILES string of the molecule is O=C(O)/C=C\C(=O)O.OC1(c2ccc(C3CC3)cc2)CCN(Cc2ccccc2)CC1. The van der Waals surface area contributed by atoms with E-state index < -0.39 is 17.5 Å². The van der Waals surface area contributed by atoms with Gasteiger partial charge < -0.3 is 15.3 Å². The summed E-state index contributed by atoms with van der Waals surface area (Å²) in [6.45, 7) is 2.89. The molecule has 0 bridgehead atoms. The van der Waals surface area contributed by atoms with Gasteiger partial charge in [0.1, 0.15) is 0 Å². The van der Waals surface area contributed by atoms with Crippen LogP contribution in [0.3, 0.4) is 0 Å². The number of hydrogen-bond acceptors (Lipinski definition) is 4. The molecule has 1 aliphatic heterocycles. The van der Waals surface area contributed by atoms with Gasteiger partial charge in [-0.3, -0.25) is 4.90 Å². The molecular formula is C25H29NO5. The smallest absolute Gasteiger partial charge is 0.328 e. The highest BCUT2D eigenvalue weighted by molar-refractivity contribution is 5.89. The van der Waals surface area contributed by atoms with E-state index in [9.17, 15) is 14.7 Å². The lowest BCUT2D eigenvalue weighted by Gasteiger charge is -2.38. The molecule has 6 nitrogen and oxygen atoms in total. The van der Waals surface area contributed by atoms with Crippen LogP contribution >= 0.6 is 0 Å². The Morgan fingerprint density at radius 3 is 1.94 bits per heavy atom. The first-order valence-corrected chi connectivity index (χ1v) is 10.6. The van der Waals surface area contributed by atoms with E-state index in [0.717, 1.165) is 44.0 Å². The molecule has 3 N–H and O–H groups in total. The topological polar surface area (TPSA) is 98.1 Å². The van der Waals surface area contributed by atoms with Crippen LogP contribution in [0.4, 0.5) is 0 Å². The van der Waals surface area contributed by atoms with Crippen molar-refractivity contribution in [3.63, 3.8) is 0 Å². The standard InChI is InChI=1S/C21H25NO.C4H4O4/c23-21(20-10-8-19(9-11-20)18-6-7-18)12-14-22(15-13-21)16-17-4-2-1-3-5-17;5-3(6)1-2-4(7)8/h1-5,8-11,18,23H,6-7,12-16H2;1-2H,(H,5,6)(H,7,8)/b;2-1-. The minimum absolute atomic E-state index is 0.558. The molecule has 0 unspecified atom stereocenters. The Hall–Kier alpha value is -2.96. The van der Waals surface area contributed by atoms with Crippen molar-refractivity contribution in [2.75, 3.05) is 13.1 Å². The zero-order valence-corrected chi connectivity index (χ0v) is 17.5. The third kappa shape index (κ3) is 7.05. The highest BCUT2D eigenvalue weighted by Crippen LogP contribution is 2.41. The number of likely N-dealkylation sites (tertiary alicyclic amines) is 1. The molecular weight excluding hydrogens is 394 g/mol. The van der Waals surface area contributed by atoms with Crippen molar-refractivity contribution >= 4 is 11.9 Å². The van der Waals surface area contributed by atoms with Crippen LogP contribution in [-0.2, 0) is 21.7 Å². The van der Waals surface area contributed by atoms with E-state index in [4.69, 9.17) is 10.2 Å². The summed E-state index contributed by atoms with van der Waals surface area (Å²) in [6, 6.07) is 19.4. The van der Waals surface area contributed by atoms with Gasteiger partial charge >= 0.3 is 11.9 Å². The highest BCUT2D eigenvalue weighted by Gasteiger charge is 2.34. The van der Waals surface area contributed by atoms with Crippen molar-refractivity contribution in [3.05, 3.63) is 83.4 Å². The Morgan fingerprint density at radius 2 is 1.45 bits per heavy atom. The molecule has 1 heterocycles. The summed E-state index contributed by atoms with van der Waals surface area (Å²) >= 11 is 0. The molecule has 0 amide bonds. The van der Waals surface area contributed by atoms with Crippen molar-refractivity contribution < 1.29 is 24.9 Å². The zero-order valence-electron chi connectivity index (χ0n) is 17.5. The van der Waals surface area contributed by atoms with Crippen LogP contribution < -0.4 is 0 Å². The van der Waals surface area contributed by atoms with E-state index in [1.54, 1.807) is 0 Å². The van der Waals surface area contributed by atoms with Crippen molar-refractivity contribution in [1.29, 1.82) is 0 Å². The average Bonchev–Trinajstić information content (AvgIpc) is 3.61. The van der Waals surface area contributed by atoms with E-state index in [1.807, 2.05) is 0 Å². The van der Waals surface area contributed by atoms with Gasteiger partial charge in [0.2, 0.25) is 0 Å². The maximum absolute atomic E-state index is 11.0. The predicted octanol–water partition coefficient (Wildman–Crippen LogP) is 3.76. The van der Waals surface area contributed by atoms with Crippen LogP contribution in [0, 0.1) is 0 Å². The molecule has 1 saturated carbocycles. The third-order valence-corrected chi connectivity index (χ3v) is 5.80. The number of carboxylic acids is 2. The molecule has 31 heavy (non-hydrogen) atoms. The van der Waals surface area contributed by atoms with Crippen LogP contribution in [0.2, 0.25) is 0 Å². The Bertz CT molecular complexity index is 879. The second-order valence-electron chi connectivity index (χ2n) is 8.20. The number of carboxylic acid groups (broad SMARTS) is 2. The molecule has 1 aliphatic carbocycles. The quantitative estimate of drug-likeness (QED) is 0.612. The molecule has 6 heteroatoms. The molecule has 0 radical (unpaired) electrons. The fourth-order valence-corrected chi connectivity index (χ4v) is 3.84. The number of carbonyl (C=O) groups is 2. The minimum atomic E-state index is -1.26. The first-order valence-electron chi connectivity index (χ1n) is 10.6. The molecule has 2 aromatic rings. The van der Waals surface area contributed by atoms with Crippen molar-refractivity contribution in [2.24, 2.45) is 0 Å². The first-order chi connectivity index (χ1) is 14.9. The van der Waals surface area contributed by atoms with Crippen LogP contribution in [0.15, 0.2) is 66.7 Å². The maximum atomic E-state index is 11.0. The monoisotopic (exact) mass is 423 g/mol. The van der Waals surface area contributed by atoms with E-state index in [2.05, 4.69) is 59.5 Å². The lowest BCUT2D eigenvalue weighted by Crippen LogP contribution is -2.42. The molecule has 0 spiro atoms. The van der Waals surface area contributed by atoms with Gasteiger partial charge in [0.05, 0.1) is 5.60 Å². The maximum Gasteiger partial charge on any atom is 0.328 e. The van der Waals surface area contributed by atoms with E-state index in [0.29, 0.717) is 12.2 Å². The molecule has 2 aromatic carbocycles.